The fourth-order valence-electron chi connectivity index (χ4n) is 3.17. The zero-order valence-corrected chi connectivity index (χ0v) is 18.6. The summed E-state index contributed by atoms with van der Waals surface area (Å²) < 4.78 is 6.25. The fourth-order valence-corrected chi connectivity index (χ4v) is 3.70. The van der Waals surface area contributed by atoms with Crippen molar-refractivity contribution in [3.05, 3.63) is 40.4 Å². The second kappa shape index (κ2) is 7.40. The SMILES string of the molecule is CN(Cc1[nH]c2cnc(-c3cccnc3C3CC3)nc2c1Br)C(=O)OC(C)(C)C. The van der Waals surface area contributed by atoms with Crippen molar-refractivity contribution in [2.45, 2.75) is 51.7 Å². The summed E-state index contributed by atoms with van der Waals surface area (Å²) in [6.07, 6.45) is 5.57. The van der Waals surface area contributed by atoms with E-state index in [1.807, 2.05) is 39.1 Å². The molecule has 0 unspecified atom stereocenters. The van der Waals surface area contributed by atoms with Crippen LogP contribution in [0.4, 0.5) is 4.79 Å². The molecule has 0 atom stereocenters. The molecular weight excluding hydrogens is 434 g/mol. The highest BCUT2D eigenvalue weighted by Gasteiger charge is 2.28. The zero-order chi connectivity index (χ0) is 20.8. The van der Waals surface area contributed by atoms with Crippen LogP contribution in [0.2, 0.25) is 0 Å². The van der Waals surface area contributed by atoms with Crippen LogP contribution in [0.3, 0.4) is 0 Å². The highest BCUT2D eigenvalue weighted by atomic mass is 79.9. The number of nitrogens with zero attached hydrogens (tertiary/aromatic N) is 4. The average molecular weight is 458 g/mol. The van der Waals surface area contributed by atoms with Crippen molar-refractivity contribution in [3.63, 3.8) is 0 Å². The van der Waals surface area contributed by atoms with Gasteiger partial charge in [0, 0.05) is 24.7 Å². The molecule has 0 aliphatic heterocycles. The second-order valence-corrected chi connectivity index (χ2v) is 9.21. The number of carbonyl (C=O) groups excluding carboxylic acids is 1. The zero-order valence-electron chi connectivity index (χ0n) is 17.0. The lowest BCUT2D eigenvalue weighted by Crippen LogP contribution is -2.33. The molecule has 152 valence electrons. The Morgan fingerprint density at radius 1 is 1.34 bits per heavy atom. The summed E-state index contributed by atoms with van der Waals surface area (Å²) >= 11 is 3.64. The van der Waals surface area contributed by atoms with Gasteiger partial charge in [0.25, 0.3) is 0 Å². The molecule has 1 aliphatic rings. The van der Waals surface area contributed by atoms with Gasteiger partial charge in [-0.15, -0.1) is 0 Å². The average Bonchev–Trinajstić information content (AvgIpc) is 3.46. The van der Waals surface area contributed by atoms with Gasteiger partial charge < -0.3 is 14.6 Å². The number of carbonyl (C=O) groups is 1. The Bertz CT molecular complexity index is 1070. The highest BCUT2D eigenvalue weighted by Crippen LogP contribution is 2.42. The Balaban J connectivity index is 1.63. The van der Waals surface area contributed by atoms with E-state index in [1.165, 1.54) is 17.7 Å². The second-order valence-electron chi connectivity index (χ2n) is 8.42. The number of amides is 1. The summed E-state index contributed by atoms with van der Waals surface area (Å²) in [7, 11) is 1.71. The van der Waals surface area contributed by atoms with E-state index >= 15 is 0 Å². The lowest BCUT2D eigenvalue weighted by atomic mass is 10.1. The molecule has 3 aromatic heterocycles. The molecule has 0 radical (unpaired) electrons. The van der Waals surface area contributed by atoms with Crippen molar-refractivity contribution in [1.29, 1.82) is 0 Å². The third-order valence-electron chi connectivity index (χ3n) is 4.69. The van der Waals surface area contributed by atoms with E-state index in [1.54, 1.807) is 13.2 Å². The van der Waals surface area contributed by atoms with Crippen LogP contribution >= 0.6 is 15.9 Å². The molecule has 7 nitrogen and oxygen atoms in total. The third-order valence-corrected chi connectivity index (χ3v) is 5.55. The van der Waals surface area contributed by atoms with Crippen LogP contribution in [0.25, 0.3) is 22.4 Å². The summed E-state index contributed by atoms with van der Waals surface area (Å²) in [5.41, 5.74) is 3.96. The summed E-state index contributed by atoms with van der Waals surface area (Å²) in [5, 5.41) is 0. The molecular formula is C21H24BrN5O2. The van der Waals surface area contributed by atoms with Crippen LogP contribution < -0.4 is 0 Å². The minimum Gasteiger partial charge on any atom is -0.444 e. The Morgan fingerprint density at radius 3 is 2.79 bits per heavy atom. The molecule has 0 bridgehead atoms. The molecule has 0 spiro atoms. The standard InChI is InChI=1S/C21H24BrN5O2/c1-21(2,3)29-20(28)27(4)11-15-16(22)18-14(25-15)10-24-19(26-18)13-6-5-9-23-17(13)12-7-8-12/h5-6,9-10,12,25H,7-8,11H2,1-4H3. The molecule has 3 aromatic rings. The topological polar surface area (TPSA) is 84.0 Å². The Hall–Kier alpha value is -2.48. The lowest BCUT2D eigenvalue weighted by Gasteiger charge is -2.24. The predicted octanol–water partition coefficient (Wildman–Crippen LogP) is 5.03. The van der Waals surface area contributed by atoms with Crippen LogP contribution in [-0.4, -0.2) is 43.6 Å². The molecule has 1 N–H and O–H groups in total. The summed E-state index contributed by atoms with van der Waals surface area (Å²) in [6.45, 7) is 5.91. The molecule has 1 saturated carbocycles. The fraction of sp³-hybridized carbons (Fsp3) is 0.429. The van der Waals surface area contributed by atoms with Crippen LogP contribution in [0.15, 0.2) is 29.0 Å². The van der Waals surface area contributed by atoms with Crippen molar-refractivity contribution in [3.8, 4) is 11.4 Å². The van der Waals surface area contributed by atoms with Gasteiger partial charge >= 0.3 is 6.09 Å². The first-order valence-electron chi connectivity index (χ1n) is 9.65. The summed E-state index contributed by atoms with van der Waals surface area (Å²) in [5.74, 6) is 1.18. The monoisotopic (exact) mass is 457 g/mol. The molecule has 0 aromatic carbocycles. The molecule has 1 aliphatic carbocycles. The van der Waals surface area contributed by atoms with E-state index in [9.17, 15) is 4.79 Å². The molecule has 3 heterocycles. The maximum absolute atomic E-state index is 12.3. The van der Waals surface area contributed by atoms with Crippen molar-refractivity contribution in [2.75, 3.05) is 7.05 Å². The Kier molecular flexibility index (Phi) is 5.06. The molecule has 29 heavy (non-hydrogen) atoms. The van der Waals surface area contributed by atoms with Gasteiger partial charge in [-0.25, -0.2) is 14.8 Å². The Labute approximate surface area is 178 Å². The molecule has 0 saturated heterocycles. The number of ether oxygens (including phenoxy) is 1. The van der Waals surface area contributed by atoms with Crippen molar-refractivity contribution >= 4 is 33.1 Å². The van der Waals surface area contributed by atoms with Crippen molar-refractivity contribution in [2.24, 2.45) is 0 Å². The summed E-state index contributed by atoms with van der Waals surface area (Å²) in [4.78, 5) is 31.0. The van der Waals surface area contributed by atoms with Gasteiger partial charge in [0.15, 0.2) is 5.82 Å². The van der Waals surface area contributed by atoms with Crippen molar-refractivity contribution in [1.82, 2.24) is 24.8 Å². The van der Waals surface area contributed by atoms with Gasteiger partial charge in [0.2, 0.25) is 0 Å². The van der Waals surface area contributed by atoms with E-state index < -0.39 is 5.60 Å². The van der Waals surface area contributed by atoms with Crippen LogP contribution in [0.1, 0.15) is 50.9 Å². The number of hydrogen-bond acceptors (Lipinski definition) is 5. The number of rotatable bonds is 4. The number of H-pyrrole nitrogens is 1. The molecule has 1 fully saturated rings. The van der Waals surface area contributed by atoms with Crippen LogP contribution in [0, 0.1) is 0 Å². The maximum atomic E-state index is 12.3. The van der Waals surface area contributed by atoms with E-state index in [2.05, 4.69) is 30.9 Å². The van der Waals surface area contributed by atoms with Gasteiger partial charge in [-0.3, -0.25) is 4.98 Å². The maximum Gasteiger partial charge on any atom is 0.410 e. The molecule has 4 rings (SSSR count). The first-order valence-corrected chi connectivity index (χ1v) is 10.4. The van der Waals surface area contributed by atoms with Crippen LogP contribution in [-0.2, 0) is 11.3 Å². The normalized spacial score (nSPS) is 14.2. The van der Waals surface area contributed by atoms with E-state index in [-0.39, 0.29) is 6.09 Å². The van der Waals surface area contributed by atoms with Crippen LogP contribution in [0.5, 0.6) is 0 Å². The van der Waals surface area contributed by atoms with Gasteiger partial charge in [0.05, 0.1) is 34.1 Å². The lowest BCUT2D eigenvalue weighted by molar-refractivity contribution is 0.0283. The predicted molar refractivity (Wildman–Crippen MR) is 114 cm³/mol. The minimum absolute atomic E-state index is 0.363. The first-order chi connectivity index (χ1) is 13.7. The number of aromatic amines is 1. The largest absolute Gasteiger partial charge is 0.444 e. The van der Waals surface area contributed by atoms with E-state index in [0.29, 0.717) is 18.3 Å². The minimum atomic E-state index is -0.535. The molecule has 1 amide bonds. The Morgan fingerprint density at radius 2 is 2.10 bits per heavy atom. The summed E-state index contributed by atoms with van der Waals surface area (Å²) in [6, 6.07) is 3.95. The van der Waals surface area contributed by atoms with Gasteiger partial charge in [-0.2, -0.15) is 0 Å². The van der Waals surface area contributed by atoms with Crippen molar-refractivity contribution < 1.29 is 9.53 Å². The van der Waals surface area contributed by atoms with Gasteiger partial charge in [-0.1, -0.05) is 0 Å². The number of hydrogen-bond donors (Lipinski definition) is 1. The van der Waals surface area contributed by atoms with E-state index in [0.717, 1.165) is 32.5 Å². The first kappa shape index (κ1) is 19.8. The number of halogens is 1. The van der Waals surface area contributed by atoms with E-state index in [4.69, 9.17) is 9.72 Å². The smallest absolute Gasteiger partial charge is 0.410 e. The number of fused-ring (bicyclic) bond motifs is 1. The number of pyridine rings is 1. The van der Waals surface area contributed by atoms with Gasteiger partial charge in [-0.05, 0) is 61.7 Å². The number of nitrogens with one attached hydrogen (secondary N) is 1. The number of aromatic nitrogens is 4. The third kappa shape index (κ3) is 4.27. The highest BCUT2D eigenvalue weighted by molar-refractivity contribution is 9.10. The quantitative estimate of drug-likeness (QED) is 0.593. The van der Waals surface area contributed by atoms with Gasteiger partial charge in [0.1, 0.15) is 11.1 Å². The molecule has 8 heteroatoms.